The summed E-state index contributed by atoms with van der Waals surface area (Å²) in [5.74, 6) is 0.366. The first kappa shape index (κ1) is 11.2. The van der Waals surface area contributed by atoms with Gasteiger partial charge in [0.2, 0.25) is 0 Å². The zero-order valence-corrected chi connectivity index (χ0v) is 10.4. The Hall–Kier alpha value is -1.90. The Bertz CT molecular complexity index is 572. The van der Waals surface area contributed by atoms with Gasteiger partial charge in [-0.1, -0.05) is 17.7 Å². The predicted molar refractivity (Wildman–Crippen MR) is 69.6 cm³/mol. The minimum atomic E-state index is 0.0857. The number of aromatic nitrogens is 2. The average Bonchev–Trinajstić information content (AvgIpc) is 2.86. The lowest BCUT2D eigenvalue weighted by atomic mass is 9.80. The van der Waals surface area contributed by atoms with Crippen LogP contribution in [0.25, 0.3) is 0 Å². The second-order valence-corrected chi connectivity index (χ2v) is 5.03. The third-order valence-corrected chi connectivity index (χ3v) is 3.67. The van der Waals surface area contributed by atoms with E-state index in [2.05, 4.69) is 22.1 Å². The van der Waals surface area contributed by atoms with Crippen molar-refractivity contribution in [2.75, 3.05) is 0 Å². The molecule has 2 aromatic rings. The van der Waals surface area contributed by atoms with Gasteiger partial charge in [-0.2, -0.15) is 0 Å². The highest BCUT2D eigenvalue weighted by atomic mass is 16.1. The number of hydrogen-bond donors (Lipinski definition) is 1. The zero-order valence-electron chi connectivity index (χ0n) is 10.4. The Morgan fingerprint density at radius 2 is 2.33 bits per heavy atom. The van der Waals surface area contributed by atoms with Crippen molar-refractivity contribution in [2.24, 2.45) is 5.92 Å². The minimum Gasteiger partial charge on any atom is -0.351 e. The Labute approximate surface area is 106 Å². The van der Waals surface area contributed by atoms with Gasteiger partial charge in [0.1, 0.15) is 0 Å². The van der Waals surface area contributed by atoms with Crippen LogP contribution in [0.4, 0.5) is 0 Å². The SMILES string of the molecule is Cc1ccc2c(c1)C(=O)C(Cc1c[nH]cn1)CC2. The summed E-state index contributed by atoms with van der Waals surface area (Å²) >= 11 is 0. The van der Waals surface area contributed by atoms with Crippen molar-refractivity contribution in [3.63, 3.8) is 0 Å². The van der Waals surface area contributed by atoms with Crippen LogP contribution in [0.5, 0.6) is 0 Å². The fourth-order valence-electron chi connectivity index (χ4n) is 2.67. The fraction of sp³-hybridized carbons (Fsp3) is 0.333. The summed E-state index contributed by atoms with van der Waals surface area (Å²) in [5, 5.41) is 0. The second-order valence-electron chi connectivity index (χ2n) is 5.03. The Morgan fingerprint density at radius 3 is 3.11 bits per heavy atom. The summed E-state index contributed by atoms with van der Waals surface area (Å²) in [6, 6.07) is 6.20. The molecule has 1 aromatic heterocycles. The highest BCUT2D eigenvalue weighted by molar-refractivity contribution is 6.00. The van der Waals surface area contributed by atoms with E-state index >= 15 is 0 Å². The van der Waals surface area contributed by atoms with Gasteiger partial charge < -0.3 is 4.98 Å². The van der Waals surface area contributed by atoms with Crippen LogP contribution in [0.2, 0.25) is 0 Å². The molecular weight excluding hydrogens is 224 g/mol. The molecule has 0 aliphatic heterocycles. The molecule has 0 saturated carbocycles. The van der Waals surface area contributed by atoms with Crippen LogP contribution in [-0.4, -0.2) is 15.8 Å². The normalized spacial score (nSPS) is 18.7. The number of ketones is 1. The number of carbonyl (C=O) groups excluding carboxylic acids is 1. The number of H-pyrrole nitrogens is 1. The number of nitrogens with zero attached hydrogens (tertiary/aromatic N) is 1. The Balaban J connectivity index is 1.87. The molecule has 1 heterocycles. The maximum atomic E-state index is 12.5. The van der Waals surface area contributed by atoms with Crippen LogP contribution in [0, 0.1) is 12.8 Å². The number of hydrogen-bond acceptors (Lipinski definition) is 2. The first-order valence-corrected chi connectivity index (χ1v) is 6.35. The molecule has 3 heteroatoms. The van der Waals surface area contributed by atoms with Gasteiger partial charge in [-0.15, -0.1) is 0 Å². The third-order valence-electron chi connectivity index (χ3n) is 3.67. The first-order valence-electron chi connectivity index (χ1n) is 6.35. The van der Waals surface area contributed by atoms with E-state index < -0.39 is 0 Å². The van der Waals surface area contributed by atoms with Crippen molar-refractivity contribution in [1.82, 2.24) is 9.97 Å². The summed E-state index contributed by atoms with van der Waals surface area (Å²) < 4.78 is 0. The average molecular weight is 240 g/mol. The van der Waals surface area contributed by atoms with E-state index in [0.717, 1.165) is 36.1 Å². The van der Waals surface area contributed by atoms with Gasteiger partial charge in [0.05, 0.1) is 12.0 Å². The Morgan fingerprint density at radius 1 is 1.44 bits per heavy atom. The number of fused-ring (bicyclic) bond motifs is 1. The van der Waals surface area contributed by atoms with Gasteiger partial charge in [0.15, 0.2) is 5.78 Å². The molecule has 0 spiro atoms. The molecule has 1 aliphatic rings. The number of imidazole rings is 1. The summed E-state index contributed by atoms with van der Waals surface area (Å²) in [7, 11) is 0. The molecule has 1 atom stereocenters. The highest BCUT2D eigenvalue weighted by Gasteiger charge is 2.27. The van der Waals surface area contributed by atoms with Crippen LogP contribution in [0.15, 0.2) is 30.7 Å². The maximum Gasteiger partial charge on any atom is 0.166 e. The maximum absolute atomic E-state index is 12.5. The van der Waals surface area contributed by atoms with Gasteiger partial charge >= 0.3 is 0 Å². The van der Waals surface area contributed by atoms with Crippen molar-refractivity contribution in [2.45, 2.75) is 26.2 Å². The van der Waals surface area contributed by atoms with E-state index in [9.17, 15) is 4.79 Å². The van der Waals surface area contributed by atoms with E-state index in [-0.39, 0.29) is 11.7 Å². The predicted octanol–water partition coefficient (Wildman–Crippen LogP) is 2.71. The summed E-state index contributed by atoms with van der Waals surface area (Å²) in [4.78, 5) is 19.6. The van der Waals surface area contributed by atoms with Crippen LogP contribution in [-0.2, 0) is 12.8 Å². The van der Waals surface area contributed by atoms with Gasteiger partial charge in [-0.3, -0.25) is 4.79 Å². The van der Waals surface area contributed by atoms with E-state index in [1.54, 1.807) is 6.33 Å². The molecule has 1 aromatic carbocycles. The lowest BCUT2D eigenvalue weighted by molar-refractivity contribution is 0.0900. The van der Waals surface area contributed by atoms with E-state index in [4.69, 9.17) is 0 Å². The minimum absolute atomic E-state index is 0.0857. The molecule has 0 saturated heterocycles. The number of carbonyl (C=O) groups is 1. The van der Waals surface area contributed by atoms with E-state index in [1.807, 2.05) is 19.2 Å². The summed E-state index contributed by atoms with van der Waals surface area (Å²) in [6.07, 6.45) is 6.22. The van der Waals surface area contributed by atoms with Crippen molar-refractivity contribution < 1.29 is 4.79 Å². The smallest absolute Gasteiger partial charge is 0.166 e. The molecule has 0 bridgehead atoms. The van der Waals surface area contributed by atoms with Gasteiger partial charge in [0, 0.05) is 24.1 Å². The lowest BCUT2D eigenvalue weighted by Gasteiger charge is -2.23. The van der Waals surface area contributed by atoms with E-state index in [0.29, 0.717) is 0 Å². The molecule has 1 N–H and O–H groups in total. The van der Waals surface area contributed by atoms with Crippen molar-refractivity contribution >= 4 is 5.78 Å². The lowest BCUT2D eigenvalue weighted by Crippen LogP contribution is -2.24. The number of benzene rings is 1. The molecule has 3 nitrogen and oxygen atoms in total. The molecule has 1 aliphatic carbocycles. The van der Waals surface area contributed by atoms with Crippen molar-refractivity contribution in [3.05, 3.63) is 53.1 Å². The van der Waals surface area contributed by atoms with Crippen molar-refractivity contribution in [1.29, 1.82) is 0 Å². The zero-order chi connectivity index (χ0) is 12.5. The fourth-order valence-corrected chi connectivity index (χ4v) is 2.67. The van der Waals surface area contributed by atoms with Crippen LogP contribution in [0.1, 0.15) is 33.6 Å². The Kier molecular flexibility index (Phi) is 2.74. The standard InChI is InChI=1S/C15H16N2O/c1-10-2-3-11-4-5-12(15(18)14(11)6-10)7-13-8-16-9-17-13/h2-3,6,8-9,12H,4-5,7H2,1H3,(H,16,17). The van der Waals surface area contributed by atoms with Gasteiger partial charge in [-0.25, -0.2) is 4.98 Å². The van der Waals surface area contributed by atoms with Crippen LogP contribution in [0.3, 0.4) is 0 Å². The summed E-state index contributed by atoms with van der Waals surface area (Å²) in [5.41, 5.74) is 4.25. The molecule has 3 rings (SSSR count). The van der Waals surface area contributed by atoms with Crippen molar-refractivity contribution in [3.8, 4) is 0 Å². The number of aryl methyl sites for hydroxylation is 2. The van der Waals surface area contributed by atoms with Gasteiger partial charge in [-0.05, 0) is 31.4 Å². The molecule has 18 heavy (non-hydrogen) atoms. The molecule has 92 valence electrons. The molecule has 1 unspecified atom stereocenters. The third kappa shape index (κ3) is 1.96. The number of rotatable bonds is 2. The molecular formula is C15H16N2O. The number of aromatic amines is 1. The number of Topliss-reactive ketones (excluding diaryl/α,β-unsaturated/α-hetero) is 1. The second kappa shape index (κ2) is 4.41. The van der Waals surface area contributed by atoms with Gasteiger partial charge in [0.25, 0.3) is 0 Å². The van der Waals surface area contributed by atoms with E-state index in [1.165, 1.54) is 5.56 Å². The summed E-state index contributed by atoms with van der Waals surface area (Å²) in [6.45, 7) is 2.03. The topological polar surface area (TPSA) is 45.8 Å². The quantitative estimate of drug-likeness (QED) is 0.877. The van der Waals surface area contributed by atoms with Crippen LogP contribution < -0.4 is 0 Å². The largest absolute Gasteiger partial charge is 0.351 e. The monoisotopic (exact) mass is 240 g/mol. The number of nitrogens with one attached hydrogen (secondary N) is 1. The molecule has 0 amide bonds. The van der Waals surface area contributed by atoms with Crippen LogP contribution >= 0.6 is 0 Å². The first-order chi connectivity index (χ1) is 8.74. The highest BCUT2D eigenvalue weighted by Crippen LogP contribution is 2.28. The molecule has 0 radical (unpaired) electrons. The molecule has 0 fully saturated rings.